The molecule has 1 saturated carbocycles. The van der Waals surface area contributed by atoms with Gasteiger partial charge < -0.3 is 20.1 Å². The Labute approximate surface area is 162 Å². The van der Waals surface area contributed by atoms with Crippen LogP contribution < -0.4 is 10.6 Å². The van der Waals surface area contributed by atoms with Crippen molar-refractivity contribution >= 4 is 17.7 Å². The van der Waals surface area contributed by atoms with Crippen LogP contribution in [0.2, 0.25) is 0 Å². The summed E-state index contributed by atoms with van der Waals surface area (Å²) in [7, 11) is 1.50. The number of aromatic nitrogens is 2. The Morgan fingerprint density at radius 1 is 1.25 bits per heavy atom. The number of carbonyl (C=O) groups excluding carboxylic acids is 3. The molecule has 3 amide bonds. The molecule has 0 spiro atoms. The van der Waals surface area contributed by atoms with Gasteiger partial charge in [0.1, 0.15) is 11.2 Å². The van der Waals surface area contributed by atoms with E-state index in [1.54, 1.807) is 16.4 Å². The number of benzene rings is 1. The molecule has 1 atom stereocenters. The van der Waals surface area contributed by atoms with Crippen molar-refractivity contribution in [3.05, 3.63) is 53.6 Å². The van der Waals surface area contributed by atoms with Gasteiger partial charge in [0.2, 0.25) is 5.91 Å². The summed E-state index contributed by atoms with van der Waals surface area (Å²) in [5, 5.41) is 5.48. The summed E-state index contributed by atoms with van der Waals surface area (Å²) in [6.07, 6.45) is 3.18. The first-order valence-corrected chi connectivity index (χ1v) is 9.39. The van der Waals surface area contributed by atoms with Gasteiger partial charge in [-0.15, -0.1) is 0 Å². The second-order valence-electron chi connectivity index (χ2n) is 7.50. The number of rotatable bonds is 5. The molecule has 0 bridgehead atoms. The van der Waals surface area contributed by atoms with Crippen molar-refractivity contribution in [2.24, 2.45) is 0 Å². The fourth-order valence-electron chi connectivity index (χ4n) is 3.81. The highest BCUT2D eigenvalue weighted by molar-refractivity contribution is 6.07. The van der Waals surface area contributed by atoms with Crippen molar-refractivity contribution in [1.82, 2.24) is 25.1 Å². The third-order valence-electron chi connectivity index (χ3n) is 5.41. The minimum Gasteiger partial charge on any atom is -0.354 e. The van der Waals surface area contributed by atoms with Gasteiger partial charge in [-0.25, -0.2) is 4.98 Å². The lowest BCUT2D eigenvalue weighted by Crippen LogP contribution is -2.64. The summed E-state index contributed by atoms with van der Waals surface area (Å²) in [4.78, 5) is 44.3. The average molecular weight is 381 g/mol. The first-order chi connectivity index (χ1) is 13.5. The Morgan fingerprint density at radius 3 is 2.61 bits per heavy atom. The van der Waals surface area contributed by atoms with Gasteiger partial charge in [0, 0.05) is 19.6 Å². The molecule has 1 unspecified atom stereocenters. The van der Waals surface area contributed by atoms with E-state index in [2.05, 4.69) is 15.6 Å². The van der Waals surface area contributed by atoms with Crippen LogP contribution in [0.1, 0.15) is 46.3 Å². The lowest BCUT2D eigenvalue weighted by atomic mass is 9.93. The standard InChI is InChI=1S/C20H23N5O3/c1-20(19(28)22-10-13-6-4-3-5-7-13)11-24-12-23-15(17(26)21-2)16(24)18(27)25(20)14-8-9-14/h3-7,12,14H,8-11H2,1-2H3,(H,21,26)(H,22,28). The van der Waals surface area contributed by atoms with Gasteiger partial charge >= 0.3 is 0 Å². The zero-order chi connectivity index (χ0) is 19.9. The number of fused-ring (bicyclic) bond motifs is 1. The number of carbonyl (C=O) groups is 3. The Morgan fingerprint density at radius 2 is 1.96 bits per heavy atom. The zero-order valence-corrected chi connectivity index (χ0v) is 15.9. The fraction of sp³-hybridized carbons (Fsp3) is 0.400. The van der Waals surface area contributed by atoms with Crippen LogP contribution in [0.15, 0.2) is 36.7 Å². The molecular formula is C20H23N5O3. The number of nitrogens with zero attached hydrogens (tertiary/aromatic N) is 3. The SMILES string of the molecule is CNC(=O)c1ncn2c1C(=O)N(C1CC1)C(C)(C(=O)NCc1ccccc1)C2. The molecule has 8 heteroatoms. The number of amides is 3. The molecule has 146 valence electrons. The largest absolute Gasteiger partial charge is 0.354 e. The maximum Gasteiger partial charge on any atom is 0.274 e. The topological polar surface area (TPSA) is 96.3 Å². The summed E-state index contributed by atoms with van der Waals surface area (Å²) in [5.74, 6) is -0.936. The summed E-state index contributed by atoms with van der Waals surface area (Å²) in [6, 6.07) is 9.66. The highest BCUT2D eigenvalue weighted by Gasteiger charge is 2.53. The van der Waals surface area contributed by atoms with Crippen molar-refractivity contribution in [3.8, 4) is 0 Å². The van der Waals surface area contributed by atoms with Crippen LogP contribution in [-0.4, -0.2) is 50.8 Å². The van der Waals surface area contributed by atoms with Crippen LogP contribution in [0, 0.1) is 0 Å². The third-order valence-corrected chi connectivity index (χ3v) is 5.41. The van der Waals surface area contributed by atoms with E-state index in [1.807, 2.05) is 30.3 Å². The monoisotopic (exact) mass is 381 g/mol. The van der Waals surface area contributed by atoms with Crippen LogP contribution in [0.4, 0.5) is 0 Å². The lowest BCUT2D eigenvalue weighted by Gasteiger charge is -2.44. The van der Waals surface area contributed by atoms with E-state index in [-0.39, 0.29) is 35.8 Å². The van der Waals surface area contributed by atoms with Gasteiger partial charge in [-0.1, -0.05) is 30.3 Å². The molecule has 4 rings (SSSR count). The van der Waals surface area contributed by atoms with Gasteiger partial charge in [0.15, 0.2) is 5.69 Å². The van der Waals surface area contributed by atoms with Gasteiger partial charge in [0.05, 0.1) is 12.9 Å². The molecule has 8 nitrogen and oxygen atoms in total. The van der Waals surface area contributed by atoms with Crippen molar-refractivity contribution < 1.29 is 14.4 Å². The van der Waals surface area contributed by atoms with E-state index in [4.69, 9.17) is 0 Å². The minimum atomic E-state index is -1.04. The van der Waals surface area contributed by atoms with Crippen molar-refractivity contribution in [2.75, 3.05) is 7.05 Å². The molecule has 1 aromatic heterocycles. The van der Waals surface area contributed by atoms with Gasteiger partial charge in [-0.2, -0.15) is 0 Å². The summed E-state index contributed by atoms with van der Waals surface area (Å²) in [6.45, 7) is 2.43. The van der Waals surface area contributed by atoms with Gasteiger partial charge in [-0.05, 0) is 25.3 Å². The van der Waals surface area contributed by atoms with Crippen LogP contribution in [0.25, 0.3) is 0 Å². The summed E-state index contributed by atoms with van der Waals surface area (Å²) < 4.78 is 1.62. The molecular weight excluding hydrogens is 358 g/mol. The first kappa shape index (κ1) is 18.2. The van der Waals surface area contributed by atoms with E-state index < -0.39 is 11.4 Å². The minimum absolute atomic E-state index is 0.0150. The number of imidazole rings is 1. The van der Waals surface area contributed by atoms with E-state index >= 15 is 0 Å². The third kappa shape index (κ3) is 2.94. The predicted octanol–water partition coefficient (Wildman–Crippen LogP) is 0.936. The fourth-order valence-corrected chi connectivity index (χ4v) is 3.81. The first-order valence-electron chi connectivity index (χ1n) is 9.39. The normalized spacial score (nSPS) is 21.2. The Bertz CT molecular complexity index is 935. The molecule has 2 aliphatic rings. The van der Waals surface area contributed by atoms with Crippen LogP contribution in [-0.2, 0) is 17.9 Å². The lowest BCUT2D eigenvalue weighted by molar-refractivity contribution is -0.133. The van der Waals surface area contributed by atoms with Crippen LogP contribution >= 0.6 is 0 Å². The Hall–Kier alpha value is -3.16. The Kier molecular flexibility index (Phi) is 4.41. The summed E-state index contributed by atoms with van der Waals surface area (Å²) >= 11 is 0. The second-order valence-corrected chi connectivity index (χ2v) is 7.50. The predicted molar refractivity (Wildman–Crippen MR) is 102 cm³/mol. The van der Waals surface area contributed by atoms with Crippen molar-refractivity contribution in [2.45, 2.75) is 44.4 Å². The highest BCUT2D eigenvalue weighted by atomic mass is 16.2. The van der Waals surface area contributed by atoms with Crippen molar-refractivity contribution in [1.29, 1.82) is 0 Å². The zero-order valence-electron chi connectivity index (χ0n) is 15.9. The number of hydrogen-bond acceptors (Lipinski definition) is 4. The van der Waals surface area contributed by atoms with Crippen LogP contribution in [0.3, 0.4) is 0 Å². The molecule has 1 aromatic carbocycles. The van der Waals surface area contributed by atoms with E-state index in [0.717, 1.165) is 18.4 Å². The molecule has 1 aliphatic carbocycles. The molecule has 28 heavy (non-hydrogen) atoms. The molecule has 1 fully saturated rings. The smallest absolute Gasteiger partial charge is 0.274 e. The van der Waals surface area contributed by atoms with E-state index in [9.17, 15) is 14.4 Å². The second kappa shape index (κ2) is 6.78. The highest BCUT2D eigenvalue weighted by Crippen LogP contribution is 2.38. The van der Waals surface area contributed by atoms with Gasteiger partial charge in [-0.3, -0.25) is 14.4 Å². The number of nitrogens with one attached hydrogen (secondary N) is 2. The molecule has 2 heterocycles. The van der Waals surface area contributed by atoms with E-state index in [0.29, 0.717) is 6.54 Å². The molecule has 2 N–H and O–H groups in total. The molecule has 0 radical (unpaired) electrons. The molecule has 0 saturated heterocycles. The van der Waals surface area contributed by atoms with Gasteiger partial charge in [0.25, 0.3) is 11.8 Å². The maximum atomic E-state index is 13.3. The molecule has 1 aliphatic heterocycles. The summed E-state index contributed by atoms with van der Waals surface area (Å²) in [5.41, 5.74) is 0.301. The number of hydrogen-bond donors (Lipinski definition) is 2. The van der Waals surface area contributed by atoms with E-state index in [1.165, 1.54) is 13.4 Å². The Balaban J connectivity index is 1.64. The quantitative estimate of drug-likeness (QED) is 0.806. The van der Waals surface area contributed by atoms with Crippen LogP contribution in [0.5, 0.6) is 0 Å². The molecule has 2 aromatic rings. The average Bonchev–Trinajstić information content (AvgIpc) is 3.44. The van der Waals surface area contributed by atoms with Crippen molar-refractivity contribution in [3.63, 3.8) is 0 Å². The maximum absolute atomic E-state index is 13.3.